The topological polar surface area (TPSA) is 70.3 Å². The largest absolute Gasteiger partial charge is 0.469 e. The first kappa shape index (κ1) is 17.8. The van der Waals surface area contributed by atoms with Crippen LogP contribution in [0.5, 0.6) is 0 Å². The van der Waals surface area contributed by atoms with Crippen LogP contribution in [0, 0.1) is 5.41 Å². The summed E-state index contributed by atoms with van der Waals surface area (Å²) in [6.45, 7) is 4.46. The molecule has 3 rings (SSSR count). The highest BCUT2D eigenvalue weighted by Gasteiger charge is 2.42. The average molecular weight is 348 g/mol. The van der Waals surface area contributed by atoms with Gasteiger partial charge in [-0.15, -0.1) is 0 Å². The molecule has 3 heterocycles. The van der Waals surface area contributed by atoms with Gasteiger partial charge in [-0.3, -0.25) is 4.79 Å². The highest BCUT2D eigenvalue weighted by atomic mass is 16.5. The van der Waals surface area contributed by atoms with Crippen molar-refractivity contribution in [1.82, 2.24) is 15.1 Å². The molecule has 2 saturated heterocycles. The van der Waals surface area contributed by atoms with Crippen molar-refractivity contribution < 1.29 is 13.9 Å². The number of likely N-dealkylation sites (tertiary alicyclic amines) is 1. The van der Waals surface area contributed by atoms with Gasteiger partial charge in [-0.1, -0.05) is 0 Å². The summed E-state index contributed by atoms with van der Waals surface area (Å²) < 4.78 is 11.0. The maximum Gasteiger partial charge on any atom is 0.243 e. The summed E-state index contributed by atoms with van der Waals surface area (Å²) in [7, 11) is 3.51. The molecule has 1 amide bonds. The lowest BCUT2D eigenvalue weighted by molar-refractivity contribution is -0.127. The number of nitrogens with zero attached hydrogens (tertiary/aromatic N) is 3. The van der Waals surface area contributed by atoms with Crippen molar-refractivity contribution in [1.29, 1.82) is 0 Å². The van der Waals surface area contributed by atoms with Crippen LogP contribution in [0.4, 0.5) is 0 Å². The van der Waals surface area contributed by atoms with Crippen LogP contribution in [0.25, 0.3) is 0 Å². The lowest BCUT2D eigenvalue weighted by Gasteiger charge is -2.25. The van der Waals surface area contributed by atoms with E-state index in [1.165, 1.54) is 0 Å². The summed E-state index contributed by atoms with van der Waals surface area (Å²) >= 11 is 0. The lowest BCUT2D eigenvalue weighted by Crippen LogP contribution is -2.43. The van der Waals surface area contributed by atoms with E-state index >= 15 is 0 Å². The molecular weight excluding hydrogens is 320 g/mol. The van der Waals surface area contributed by atoms with Crippen LogP contribution in [0.2, 0.25) is 0 Å². The molecule has 138 valence electrons. The van der Waals surface area contributed by atoms with E-state index in [9.17, 15) is 4.79 Å². The minimum absolute atomic E-state index is 0.00319. The van der Waals surface area contributed by atoms with Crippen molar-refractivity contribution in [3.8, 4) is 0 Å². The molecule has 0 aliphatic carbocycles. The van der Waals surface area contributed by atoms with E-state index in [4.69, 9.17) is 9.15 Å². The van der Waals surface area contributed by atoms with Crippen LogP contribution in [0.15, 0.2) is 27.8 Å². The fraction of sp³-hybridized carbons (Fsp3) is 0.667. The minimum atomic E-state index is 0.00319. The molecule has 1 unspecified atom stereocenters. The van der Waals surface area contributed by atoms with Gasteiger partial charge in [0.25, 0.3) is 0 Å². The Bertz CT molecular complexity index is 591. The van der Waals surface area contributed by atoms with E-state index in [1.807, 2.05) is 12.1 Å². The van der Waals surface area contributed by atoms with E-state index in [0.29, 0.717) is 0 Å². The standard InChI is InChI=1S/C18H28N4O3/c1-21(2)16(23)12-20-17(19-8-5-15-4-3-10-25-15)22-9-6-18(13-22)7-11-24-14-18/h3-4,10H,5-9,11-14H2,1-2H3,(H,19,20). The van der Waals surface area contributed by atoms with Gasteiger partial charge in [0.2, 0.25) is 5.91 Å². The quantitative estimate of drug-likeness (QED) is 0.634. The summed E-state index contributed by atoms with van der Waals surface area (Å²) in [5.41, 5.74) is 0.259. The van der Waals surface area contributed by atoms with Crippen molar-refractivity contribution in [2.24, 2.45) is 10.4 Å². The number of carbonyl (C=O) groups excluding carboxylic acids is 1. The van der Waals surface area contributed by atoms with Gasteiger partial charge in [-0.2, -0.15) is 0 Å². The number of hydrogen-bond donors (Lipinski definition) is 1. The second kappa shape index (κ2) is 7.91. The number of likely N-dealkylation sites (N-methyl/N-ethyl adjacent to an activating group) is 1. The average Bonchev–Trinajstić information content (AvgIpc) is 3.34. The second-order valence-corrected chi connectivity index (χ2v) is 7.16. The van der Waals surface area contributed by atoms with Gasteiger partial charge in [0, 0.05) is 52.2 Å². The molecule has 1 atom stereocenters. The Morgan fingerprint density at radius 2 is 2.32 bits per heavy atom. The Labute approximate surface area is 149 Å². The van der Waals surface area contributed by atoms with E-state index in [0.717, 1.165) is 63.8 Å². The lowest BCUT2D eigenvalue weighted by atomic mass is 9.87. The predicted molar refractivity (Wildman–Crippen MR) is 95.5 cm³/mol. The summed E-state index contributed by atoms with van der Waals surface area (Å²) in [5.74, 6) is 1.76. The van der Waals surface area contributed by atoms with Gasteiger partial charge in [0.15, 0.2) is 5.96 Å². The van der Waals surface area contributed by atoms with Crippen LogP contribution < -0.4 is 5.32 Å². The van der Waals surface area contributed by atoms with Crippen LogP contribution in [-0.4, -0.2) is 75.2 Å². The fourth-order valence-electron chi connectivity index (χ4n) is 3.39. The number of nitrogens with one attached hydrogen (secondary N) is 1. The molecule has 1 aromatic heterocycles. The fourth-order valence-corrected chi connectivity index (χ4v) is 3.39. The highest BCUT2D eigenvalue weighted by Crippen LogP contribution is 2.38. The molecule has 0 bridgehead atoms. The molecule has 1 aromatic rings. The third kappa shape index (κ3) is 4.54. The molecule has 7 heteroatoms. The monoisotopic (exact) mass is 348 g/mol. The smallest absolute Gasteiger partial charge is 0.243 e. The normalized spacial score (nSPS) is 23.4. The first-order valence-corrected chi connectivity index (χ1v) is 8.92. The van der Waals surface area contributed by atoms with Gasteiger partial charge in [-0.05, 0) is 25.0 Å². The Morgan fingerprint density at radius 3 is 3.00 bits per heavy atom. The van der Waals surface area contributed by atoms with Crippen LogP contribution in [-0.2, 0) is 16.0 Å². The highest BCUT2D eigenvalue weighted by molar-refractivity contribution is 5.85. The Balaban J connectivity index is 1.61. The predicted octanol–water partition coefficient (Wildman–Crippen LogP) is 0.968. The van der Waals surface area contributed by atoms with Crippen molar-refractivity contribution in [3.63, 3.8) is 0 Å². The van der Waals surface area contributed by atoms with Gasteiger partial charge in [0.05, 0.1) is 12.9 Å². The van der Waals surface area contributed by atoms with E-state index in [-0.39, 0.29) is 17.9 Å². The number of carbonyl (C=O) groups is 1. The summed E-state index contributed by atoms with van der Waals surface area (Å²) in [4.78, 5) is 20.3. The van der Waals surface area contributed by atoms with Crippen molar-refractivity contribution >= 4 is 11.9 Å². The number of furan rings is 1. The molecular formula is C18H28N4O3. The van der Waals surface area contributed by atoms with Crippen LogP contribution in [0.1, 0.15) is 18.6 Å². The van der Waals surface area contributed by atoms with Crippen molar-refractivity contribution in [3.05, 3.63) is 24.2 Å². The van der Waals surface area contributed by atoms with Crippen molar-refractivity contribution in [2.75, 3.05) is 53.5 Å². The van der Waals surface area contributed by atoms with Gasteiger partial charge >= 0.3 is 0 Å². The molecule has 0 aromatic carbocycles. The number of aliphatic imine (C=N–C) groups is 1. The molecule has 2 aliphatic heterocycles. The number of ether oxygens (including phenoxy) is 1. The molecule has 25 heavy (non-hydrogen) atoms. The number of amides is 1. The number of hydrogen-bond acceptors (Lipinski definition) is 4. The Morgan fingerprint density at radius 1 is 1.44 bits per heavy atom. The maximum absolute atomic E-state index is 11.9. The summed E-state index contributed by atoms with van der Waals surface area (Å²) in [6.07, 6.45) is 4.70. The zero-order chi connectivity index (χ0) is 17.7. The minimum Gasteiger partial charge on any atom is -0.469 e. The third-order valence-electron chi connectivity index (χ3n) is 5.02. The molecule has 0 saturated carbocycles. The number of rotatable bonds is 5. The molecule has 1 N–H and O–H groups in total. The third-order valence-corrected chi connectivity index (χ3v) is 5.02. The van der Waals surface area contributed by atoms with Gasteiger partial charge in [0.1, 0.15) is 12.3 Å². The summed E-state index contributed by atoms with van der Waals surface area (Å²) in [6, 6.07) is 3.86. The Hall–Kier alpha value is -2.02. The molecule has 2 aliphatic rings. The Kier molecular flexibility index (Phi) is 5.63. The molecule has 7 nitrogen and oxygen atoms in total. The van der Waals surface area contributed by atoms with Crippen molar-refractivity contribution in [2.45, 2.75) is 19.3 Å². The summed E-state index contributed by atoms with van der Waals surface area (Å²) in [5, 5.41) is 3.40. The van der Waals surface area contributed by atoms with E-state index < -0.39 is 0 Å². The number of guanidine groups is 1. The molecule has 2 fully saturated rings. The van der Waals surface area contributed by atoms with Gasteiger partial charge in [-0.25, -0.2) is 4.99 Å². The second-order valence-electron chi connectivity index (χ2n) is 7.16. The zero-order valence-corrected chi connectivity index (χ0v) is 15.2. The van der Waals surface area contributed by atoms with Crippen LogP contribution in [0.3, 0.4) is 0 Å². The van der Waals surface area contributed by atoms with Gasteiger partial charge < -0.3 is 24.3 Å². The molecule has 1 spiro atoms. The zero-order valence-electron chi connectivity index (χ0n) is 15.2. The first-order chi connectivity index (χ1) is 12.1. The van der Waals surface area contributed by atoms with E-state index in [2.05, 4.69) is 15.2 Å². The maximum atomic E-state index is 11.9. The first-order valence-electron chi connectivity index (χ1n) is 8.92. The molecule has 0 radical (unpaired) electrons. The van der Waals surface area contributed by atoms with Crippen LogP contribution >= 0.6 is 0 Å². The SMILES string of the molecule is CN(C)C(=O)CN=C(NCCc1ccco1)N1CCC2(CCOC2)C1. The van der Waals surface area contributed by atoms with E-state index in [1.54, 1.807) is 25.3 Å².